The van der Waals surface area contributed by atoms with Gasteiger partial charge < -0.3 is 4.74 Å². The van der Waals surface area contributed by atoms with Crippen LogP contribution in [-0.2, 0) is 10.0 Å². The van der Waals surface area contributed by atoms with Crippen LogP contribution in [0.25, 0.3) is 0 Å². The Morgan fingerprint density at radius 2 is 1.70 bits per heavy atom. The van der Waals surface area contributed by atoms with Crippen molar-refractivity contribution < 1.29 is 26.7 Å². The molecule has 3 aromatic carbocycles. The minimum atomic E-state index is -3.81. The number of carbonyl (C=O) groups excluding carboxylic acids is 1. The lowest BCUT2D eigenvalue weighted by atomic mass is 9.90. The number of halogens is 2. The van der Waals surface area contributed by atoms with E-state index in [0.29, 0.717) is 36.6 Å². The van der Waals surface area contributed by atoms with Gasteiger partial charge in [-0.25, -0.2) is 21.9 Å². The van der Waals surface area contributed by atoms with Crippen molar-refractivity contribution in [3.8, 4) is 5.75 Å². The fourth-order valence-corrected chi connectivity index (χ4v) is 5.31. The highest BCUT2D eigenvalue weighted by Gasteiger charge is 2.36. The number of likely N-dealkylation sites (tertiary alicyclic amines) is 1. The van der Waals surface area contributed by atoms with Crippen LogP contribution in [0, 0.1) is 17.6 Å². The summed E-state index contributed by atoms with van der Waals surface area (Å²) >= 11 is 0. The summed E-state index contributed by atoms with van der Waals surface area (Å²) in [5.41, 5.74) is 2.02. The average Bonchev–Trinajstić information content (AvgIpc) is 3.66. The Balaban J connectivity index is 1.28. The van der Waals surface area contributed by atoms with Crippen LogP contribution in [0.1, 0.15) is 51.8 Å². The standard InChI is InChI=1S/C28H28F2N2O4S/c1-37(34,35)31-28(33)23-13-22(19-11-12-19)26(14-25(23)30)36-17-18-15-32(16-18)27(20-7-3-2-4-8-20)21-9-5-6-10-24(21)29/h2-10,13-14,18-19,27H,11-12,15-17H2,1H3,(H,31,33)/t27-/m1/s1. The highest BCUT2D eigenvalue weighted by atomic mass is 32.2. The monoisotopic (exact) mass is 526 g/mol. The van der Waals surface area contributed by atoms with Gasteiger partial charge in [-0.05, 0) is 42.0 Å². The van der Waals surface area contributed by atoms with Gasteiger partial charge in [-0.2, -0.15) is 0 Å². The molecule has 9 heteroatoms. The highest BCUT2D eigenvalue weighted by molar-refractivity contribution is 7.89. The lowest BCUT2D eigenvalue weighted by molar-refractivity contribution is 0.0365. The van der Waals surface area contributed by atoms with Crippen LogP contribution in [0.15, 0.2) is 66.7 Å². The van der Waals surface area contributed by atoms with Crippen molar-refractivity contribution in [2.45, 2.75) is 24.8 Å². The molecule has 194 valence electrons. The summed E-state index contributed by atoms with van der Waals surface area (Å²) in [4.78, 5) is 14.5. The quantitative estimate of drug-likeness (QED) is 0.440. The zero-order valence-electron chi connectivity index (χ0n) is 20.4. The summed E-state index contributed by atoms with van der Waals surface area (Å²) in [6, 6.07) is 19.0. The zero-order valence-corrected chi connectivity index (χ0v) is 21.2. The molecule has 1 amide bonds. The molecule has 0 spiro atoms. The summed E-state index contributed by atoms with van der Waals surface area (Å²) in [5.74, 6) is -1.38. The lowest BCUT2D eigenvalue weighted by Crippen LogP contribution is -2.51. The van der Waals surface area contributed by atoms with E-state index in [4.69, 9.17) is 4.74 Å². The van der Waals surface area contributed by atoms with Crippen molar-refractivity contribution in [2.24, 2.45) is 5.92 Å². The number of hydrogen-bond acceptors (Lipinski definition) is 5. The smallest absolute Gasteiger partial charge is 0.267 e. The fourth-order valence-electron chi connectivity index (χ4n) is 4.86. The fraction of sp³-hybridized carbons (Fsp3) is 0.321. The van der Waals surface area contributed by atoms with E-state index >= 15 is 0 Å². The zero-order chi connectivity index (χ0) is 26.2. The topological polar surface area (TPSA) is 75.7 Å². The van der Waals surface area contributed by atoms with Crippen LogP contribution < -0.4 is 9.46 Å². The van der Waals surface area contributed by atoms with Crippen molar-refractivity contribution in [3.05, 3.63) is 101 Å². The van der Waals surface area contributed by atoms with Gasteiger partial charge >= 0.3 is 0 Å². The SMILES string of the molecule is CS(=O)(=O)NC(=O)c1cc(C2CC2)c(OCC2CN([C@H](c3ccccc3)c3ccccc3F)C2)cc1F. The molecule has 2 aliphatic rings. The van der Waals surface area contributed by atoms with Gasteiger partial charge in [0.25, 0.3) is 5.91 Å². The van der Waals surface area contributed by atoms with Crippen LogP contribution in [0.4, 0.5) is 8.78 Å². The van der Waals surface area contributed by atoms with Crippen LogP contribution >= 0.6 is 0 Å². The Morgan fingerprint density at radius 3 is 2.35 bits per heavy atom. The largest absolute Gasteiger partial charge is 0.493 e. The molecule has 1 aliphatic heterocycles. The maximum Gasteiger partial charge on any atom is 0.267 e. The molecule has 2 fully saturated rings. The van der Waals surface area contributed by atoms with E-state index in [1.54, 1.807) is 6.07 Å². The molecule has 5 rings (SSSR count). The van der Waals surface area contributed by atoms with Crippen molar-refractivity contribution in [3.63, 3.8) is 0 Å². The van der Waals surface area contributed by atoms with E-state index in [-0.39, 0.29) is 29.3 Å². The highest BCUT2D eigenvalue weighted by Crippen LogP contribution is 2.45. The Bertz CT molecular complexity index is 1400. The summed E-state index contributed by atoms with van der Waals surface area (Å²) < 4.78 is 60.1. The molecule has 6 nitrogen and oxygen atoms in total. The normalized spacial score (nSPS) is 17.2. The summed E-state index contributed by atoms with van der Waals surface area (Å²) in [6.45, 7) is 1.72. The summed E-state index contributed by atoms with van der Waals surface area (Å²) in [6.07, 6.45) is 2.64. The van der Waals surface area contributed by atoms with Crippen LogP contribution in [-0.4, -0.2) is 45.2 Å². The first-order valence-electron chi connectivity index (χ1n) is 12.2. The predicted octanol–water partition coefficient (Wildman–Crippen LogP) is 4.63. The third-order valence-corrected chi connectivity index (χ3v) is 7.34. The van der Waals surface area contributed by atoms with Gasteiger partial charge in [-0.1, -0.05) is 48.5 Å². The molecule has 1 N–H and O–H groups in total. The van der Waals surface area contributed by atoms with Crippen molar-refractivity contribution in [2.75, 3.05) is 26.0 Å². The number of ether oxygens (including phenoxy) is 1. The Hall–Kier alpha value is -3.30. The molecule has 0 aromatic heterocycles. The predicted molar refractivity (Wildman–Crippen MR) is 136 cm³/mol. The third-order valence-electron chi connectivity index (χ3n) is 6.78. The molecule has 1 aliphatic carbocycles. The maximum atomic E-state index is 14.8. The van der Waals surface area contributed by atoms with E-state index < -0.39 is 21.7 Å². The minimum absolute atomic E-state index is 0.154. The van der Waals surface area contributed by atoms with Gasteiger partial charge in [0.1, 0.15) is 17.4 Å². The van der Waals surface area contributed by atoms with Crippen molar-refractivity contribution in [1.29, 1.82) is 0 Å². The maximum absolute atomic E-state index is 14.8. The number of benzene rings is 3. The van der Waals surface area contributed by atoms with E-state index in [2.05, 4.69) is 4.90 Å². The molecular weight excluding hydrogens is 498 g/mol. The Morgan fingerprint density at radius 1 is 1.03 bits per heavy atom. The second-order valence-corrected chi connectivity index (χ2v) is 11.6. The summed E-state index contributed by atoms with van der Waals surface area (Å²) in [5, 5.41) is 0. The number of nitrogens with zero attached hydrogens (tertiary/aromatic N) is 1. The van der Waals surface area contributed by atoms with Gasteiger partial charge in [-0.3, -0.25) is 9.69 Å². The van der Waals surface area contributed by atoms with Gasteiger partial charge in [0, 0.05) is 30.6 Å². The molecule has 3 aromatic rings. The van der Waals surface area contributed by atoms with Crippen LogP contribution in [0.2, 0.25) is 0 Å². The molecule has 1 saturated heterocycles. The second-order valence-electron chi connectivity index (χ2n) is 9.81. The number of hydrogen-bond donors (Lipinski definition) is 1. The number of rotatable bonds is 9. The molecule has 0 unspecified atom stereocenters. The molecule has 1 atom stereocenters. The van der Waals surface area contributed by atoms with E-state index in [1.165, 1.54) is 18.2 Å². The van der Waals surface area contributed by atoms with Gasteiger partial charge in [0.05, 0.1) is 24.5 Å². The van der Waals surface area contributed by atoms with E-state index in [9.17, 15) is 22.0 Å². The Kier molecular flexibility index (Phi) is 7.00. The van der Waals surface area contributed by atoms with Gasteiger partial charge in [0.15, 0.2) is 0 Å². The number of sulfonamides is 1. The molecule has 37 heavy (non-hydrogen) atoms. The molecule has 1 heterocycles. The average molecular weight is 527 g/mol. The lowest BCUT2D eigenvalue weighted by Gasteiger charge is -2.44. The third kappa shape index (κ3) is 5.83. The first kappa shape index (κ1) is 25.4. The Labute approximate surface area is 215 Å². The van der Waals surface area contributed by atoms with E-state index in [1.807, 2.05) is 47.2 Å². The van der Waals surface area contributed by atoms with Crippen molar-refractivity contribution in [1.82, 2.24) is 9.62 Å². The number of nitrogens with one attached hydrogen (secondary N) is 1. The van der Waals surface area contributed by atoms with E-state index in [0.717, 1.165) is 24.7 Å². The number of amides is 1. The molecule has 1 saturated carbocycles. The first-order valence-corrected chi connectivity index (χ1v) is 14.1. The second kappa shape index (κ2) is 10.2. The van der Waals surface area contributed by atoms with Crippen LogP contribution in [0.5, 0.6) is 5.75 Å². The summed E-state index contributed by atoms with van der Waals surface area (Å²) in [7, 11) is -3.81. The minimum Gasteiger partial charge on any atom is -0.493 e. The van der Waals surface area contributed by atoms with Crippen molar-refractivity contribution >= 4 is 15.9 Å². The van der Waals surface area contributed by atoms with Crippen LogP contribution in [0.3, 0.4) is 0 Å². The molecule has 0 bridgehead atoms. The van der Waals surface area contributed by atoms with Gasteiger partial charge in [0.2, 0.25) is 10.0 Å². The van der Waals surface area contributed by atoms with Gasteiger partial charge in [-0.15, -0.1) is 0 Å². The molecule has 0 radical (unpaired) electrons. The number of carbonyl (C=O) groups is 1. The first-order chi connectivity index (χ1) is 17.7. The molecular formula is C28H28F2N2O4S.